The van der Waals surface area contributed by atoms with E-state index in [1.165, 1.54) is 22.3 Å². The highest BCUT2D eigenvalue weighted by Gasteiger charge is 2.13. The molecule has 0 saturated heterocycles. The molecule has 2 heterocycles. The molecule has 0 unspecified atom stereocenters. The van der Waals surface area contributed by atoms with E-state index in [9.17, 15) is 0 Å². The SMILES string of the molecule is COc1cc(C)c(CN(Cc2ccncc2)Cc2cccnc2)cc1OC. The van der Waals surface area contributed by atoms with Crippen LogP contribution in [0.25, 0.3) is 0 Å². The highest BCUT2D eigenvalue weighted by atomic mass is 16.5. The van der Waals surface area contributed by atoms with E-state index in [1.807, 2.05) is 30.7 Å². The highest BCUT2D eigenvalue weighted by Crippen LogP contribution is 2.31. The molecule has 0 spiro atoms. The van der Waals surface area contributed by atoms with Crippen molar-refractivity contribution in [1.82, 2.24) is 14.9 Å². The van der Waals surface area contributed by atoms with Crippen LogP contribution < -0.4 is 9.47 Å². The lowest BCUT2D eigenvalue weighted by Crippen LogP contribution is -2.23. The lowest BCUT2D eigenvalue weighted by atomic mass is 10.1. The molecular formula is C22H25N3O2. The molecule has 0 radical (unpaired) electrons. The van der Waals surface area contributed by atoms with E-state index in [1.54, 1.807) is 20.4 Å². The summed E-state index contributed by atoms with van der Waals surface area (Å²) in [6.45, 7) is 4.53. The average molecular weight is 363 g/mol. The summed E-state index contributed by atoms with van der Waals surface area (Å²) >= 11 is 0. The maximum atomic E-state index is 5.49. The third-order valence-electron chi connectivity index (χ3n) is 4.52. The van der Waals surface area contributed by atoms with Crippen LogP contribution in [0.1, 0.15) is 22.3 Å². The lowest BCUT2D eigenvalue weighted by molar-refractivity contribution is 0.246. The number of hydrogen-bond acceptors (Lipinski definition) is 5. The molecule has 0 amide bonds. The van der Waals surface area contributed by atoms with Gasteiger partial charge in [-0.2, -0.15) is 0 Å². The van der Waals surface area contributed by atoms with Gasteiger partial charge in [-0.15, -0.1) is 0 Å². The van der Waals surface area contributed by atoms with Crippen LogP contribution in [0.2, 0.25) is 0 Å². The van der Waals surface area contributed by atoms with Crippen LogP contribution in [-0.2, 0) is 19.6 Å². The summed E-state index contributed by atoms with van der Waals surface area (Å²) in [5, 5.41) is 0. The number of nitrogens with zero attached hydrogens (tertiary/aromatic N) is 3. The molecule has 1 aromatic carbocycles. The fourth-order valence-electron chi connectivity index (χ4n) is 3.10. The first-order chi connectivity index (χ1) is 13.2. The topological polar surface area (TPSA) is 47.5 Å². The lowest BCUT2D eigenvalue weighted by Gasteiger charge is -2.24. The van der Waals surface area contributed by atoms with E-state index in [-0.39, 0.29) is 0 Å². The number of benzene rings is 1. The molecule has 2 aromatic heterocycles. The standard InChI is InChI=1S/C22H25N3O2/c1-17-11-21(26-2)22(27-3)12-20(17)16-25(14-18-6-9-23-10-7-18)15-19-5-4-8-24-13-19/h4-13H,14-16H2,1-3H3. The summed E-state index contributed by atoms with van der Waals surface area (Å²) in [5.74, 6) is 1.51. The summed E-state index contributed by atoms with van der Waals surface area (Å²) in [6.07, 6.45) is 7.38. The maximum absolute atomic E-state index is 5.49. The van der Waals surface area contributed by atoms with Gasteiger partial charge >= 0.3 is 0 Å². The van der Waals surface area contributed by atoms with Crippen LogP contribution in [0.15, 0.2) is 61.2 Å². The monoisotopic (exact) mass is 363 g/mol. The second-order valence-corrected chi connectivity index (χ2v) is 6.50. The second-order valence-electron chi connectivity index (χ2n) is 6.50. The van der Waals surface area contributed by atoms with Crippen LogP contribution in [0, 0.1) is 6.92 Å². The van der Waals surface area contributed by atoms with Crippen molar-refractivity contribution in [3.63, 3.8) is 0 Å². The van der Waals surface area contributed by atoms with Gasteiger partial charge in [-0.25, -0.2) is 0 Å². The number of ether oxygens (including phenoxy) is 2. The molecule has 0 fully saturated rings. The Labute approximate surface area is 160 Å². The van der Waals surface area contributed by atoms with Crippen molar-refractivity contribution in [2.45, 2.75) is 26.6 Å². The van der Waals surface area contributed by atoms with Gasteiger partial charge in [-0.05, 0) is 59.5 Å². The smallest absolute Gasteiger partial charge is 0.161 e. The number of rotatable bonds is 8. The fraction of sp³-hybridized carbons (Fsp3) is 0.273. The highest BCUT2D eigenvalue weighted by molar-refractivity contribution is 5.47. The van der Waals surface area contributed by atoms with Crippen molar-refractivity contribution in [1.29, 1.82) is 0 Å². The summed E-state index contributed by atoms with van der Waals surface area (Å²) in [7, 11) is 3.33. The van der Waals surface area contributed by atoms with E-state index in [0.29, 0.717) is 0 Å². The molecule has 0 atom stereocenters. The average Bonchev–Trinajstić information content (AvgIpc) is 2.70. The number of pyridine rings is 2. The fourth-order valence-corrected chi connectivity index (χ4v) is 3.10. The van der Waals surface area contributed by atoms with Gasteiger partial charge in [0.15, 0.2) is 11.5 Å². The van der Waals surface area contributed by atoms with Gasteiger partial charge in [0.2, 0.25) is 0 Å². The Morgan fingerprint density at radius 1 is 0.815 bits per heavy atom. The van der Waals surface area contributed by atoms with Gasteiger partial charge in [0, 0.05) is 44.4 Å². The third-order valence-corrected chi connectivity index (χ3v) is 4.52. The molecule has 0 aliphatic carbocycles. The van der Waals surface area contributed by atoms with Gasteiger partial charge < -0.3 is 9.47 Å². The van der Waals surface area contributed by atoms with Crippen molar-refractivity contribution in [2.24, 2.45) is 0 Å². The Balaban J connectivity index is 1.86. The summed E-state index contributed by atoms with van der Waals surface area (Å²) < 4.78 is 10.9. The van der Waals surface area contributed by atoms with Crippen LogP contribution in [-0.4, -0.2) is 29.1 Å². The van der Waals surface area contributed by atoms with Crippen molar-refractivity contribution in [3.8, 4) is 11.5 Å². The zero-order chi connectivity index (χ0) is 19.1. The molecule has 3 rings (SSSR count). The first kappa shape index (κ1) is 18.9. The molecule has 140 valence electrons. The zero-order valence-electron chi connectivity index (χ0n) is 16.1. The second kappa shape index (κ2) is 9.14. The Morgan fingerprint density at radius 2 is 1.52 bits per heavy atom. The van der Waals surface area contributed by atoms with Crippen molar-refractivity contribution < 1.29 is 9.47 Å². The minimum Gasteiger partial charge on any atom is -0.493 e. The summed E-state index contributed by atoms with van der Waals surface area (Å²) in [4.78, 5) is 10.8. The van der Waals surface area contributed by atoms with Crippen LogP contribution >= 0.6 is 0 Å². The van der Waals surface area contributed by atoms with Crippen molar-refractivity contribution in [3.05, 3.63) is 83.4 Å². The molecule has 0 saturated carbocycles. The van der Waals surface area contributed by atoms with E-state index in [4.69, 9.17) is 9.47 Å². The maximum Gasteiger partial charge on any atom is 0.161 e. The van der Waals surface area contributed by atoms with Gasteiger partial charge in [0.05, 0.1) is 14.2 Å². The molecule has 3 aromatic rings. The molecular weight excluding hydrogens is 338 g/mol. The summed E-state index contributed by atoms with van der Waals surface area (Å²) in [6, 6.07) is 12.3. The predicted molar refractivity (Wildman–Crippen MR) is 106 cm³/mol. The van der Waals surface area contributed by atoms with Crippen molar-refractivity contribution in [2.75, 3.05) is 14.2 Å². The van der Waals surface area contributed by atoms with E-state index >= 15 is 0 Å². The van der Waals surface area contributed by atoms with Crippen LogP contribution in [0.4, 0.5) is 0 Å². The first-order valence-corrected chi connectivity index (χ1v) is 8.91. The van der Waals surface area contributed by atoms with E-state index in [0.717, 1.165) is 31.1 Å². The molecule has 0 aliphatic heterocycles. The molecule has 0 bridgehead atoms. The Hall–Kier alpha value is -2.92. The molecule has 5 heteroatoms. The number of aromatic nitrogens is 2. The van der Waals surface area contributed by atoms with Gasteiger partial charge in [-0.3, -0.25) is 14.9 Å². The largest absolute Gasteiger partial charge is 0.493 e. The van der Waals surface area contributed by atoms with Gasteiger partial charge in [0.1, 0.15) is 0 Å². The molecule has 0 aliphatic rings. The molecule has 5 nitrogen and oxygen atoms in total. The Bertz CT molecular complexity index is 813. The summed E-state index contributed by atoms with van der Waals surface area (Å²) in [5.41, 5.74) is 4.81. The predicted octanol–water partition coefficient (Wildman–Crippen LogP) is 4.00. The minimum absolute atomic E-state index is 0.753. The first-order valence-electron chi connectivity index (χ1n) is 8.91. The number of aryl methyl sites for hydroxylation is 1. The van der Waals surface area contributed by atoms with Gasteiger partial charge in [-0.1, -0.05) is 6.07 Å². The van der Waals surface area contributed by atoms with Crippen LogP contribution in [0.5, 0.6) is 11.5 Å². The van der Waals surface area contributed by atoms with Crippen LogP contribution in [0.3, 0.4) is 0 Å². The Morgan fingerprint density at radius 3 is 2.19 bits per heavy atom. The normalized spacial score (nSPS) is 10.8. The zero-order valence-corrected chi connectivity index (χ0v) is 16.1. The number of methoxy groups -OCH3 is 2. The quantitative estimate of drug-likeness (QED) is 0.605. The van der Waals surface area contributed by atoms with E-state index < -0.39 is 0 Å². The third kappa shape index (κ3) is 5.05. The van der Waals surface area contributed by atoms with Gasteiger partial charge in [0.25, 0.3) is 0 Å². The minimum atomic E-state index is 0.753. The van der Waals surface area contributed by atoms with Crippen molar-refractivity contribution >= 4 is 0 Å². The molecule has 27 heavy (non-hydrogen) atoms. The Kier molecular flexibility index (Phi) is 6.39. The number of hydrogen-bond donors (Lipinski definition) is 0. The molecule has 0 N–H and O–H groups in total. The van der Waals surface area contributed by atoms with E-state index in [2.05, 4.69) is 46.1 Å².